The van der Waals surface area contributed by atoms with E-state index in [-0.39, 0.29) is 10.8 Å². The second-order valence-electron chi connectivity index (χ2n) is 6.50. The molecule has 6 nitrogen and oxygen atoms in total. The van der Waals surface area contributed by atoms with Crippen LogP contribution in [0.5, 0.6) is 5.75 Å². The largest absolute Gasteiger partial charge is 0.492 e. The Morgan fingerprint density at radius 2 is 2.04 bits per heavy atom. The first-order valence-corrected chi connectivity index (χ1v) is 11.5. The van der Waals surface area contributed by atoms with Gasteiger partial charge in [-0.25, -0.2) is 8.42 Å². The molecule has 1 fully saturated rings. The predicted molar refractivity (Wildman–Crippen MR) is 112 cm³/mol. The highest BCUT2D eigenvalue weighted by Crippen LogP contribution is 2.31. The third-order valence-corrected chi connectivity index (χ3v) is 7.39. The van der Waals surface area contributed by atoms with E-state index < -0.39 is 10.0 Å². The van der Waals surface area contributed by atoms with E-state index in [1.807, 2.05) is 18.4 Å². The Kier molecular flexibility index (Phi) is 6.53. The maximum atomic E-state index is 13.0. The first kappa shape index (κ1) is 20.6. The van der Waals surface area contributed by atoms with Crippen LogP contribution in [0.15, 0.2) is 40.6 Å². The maximum Gasteiger partial charge on any atom is 0.248 e. The molecule has 1 saturated heterocycles. The minimum atomic E-state index is -3.66. The topological polar surface area (TPSA) is 75.7 Å². The highest BCUT2D eigenvalue weighted by molar-refractivity contribution is 7.89. The molecule has 1 aliphatic rings. The van der Waals surface area contributed by atoms with Crippen LogP contribution < -0.4 is 10.1 Å². The van der Waals surface area contributed by atoms with E-state index in [9.17, 15) is 13.2 Å². The van der Waals surface area contributed by atoms with E-state index in [0.717, 1.165) is 23.3 Å². The lowest BCUT2D eigenvalue weighted by atomic mass is 10.2. The summed E-state index contributed by atoms with van der Waals surface area (Å²) in [6.07, 6.45) is 4.91. The number of nitrogens with one attached hydrogen (secondary N) is 1. The van der Waals surface area contributed by atoms with E-state index in [2.05, 4.69) is 5.32 Å². The number of hydrogen-bond acceptors (Lipinski definition) is 5. The van der Waals surface area contributed by atoms with Gasteiger partial charge in [0.2, 0.25) is 15.9 Å². The molecule has 0 spiro atoms. The van der Waals surface area contributed by atoms with Gasteiger partial charge in [-0.3, -0.25) is 4.79 Å². The summed E-state index contributed by atoms with van der Waals surface area (Å²) < 4.78 is 33.0. The van der Waals surface area contributed by atoms with Gasteiger partial charge in [-0.05, 0) is 68.0 Å². The molecule has 0 bridgehead atoms. The normalized spacial score (nSPS) is 15.2. The molecule has 0 unspecified atom stereocenters. The number of aryl methyl sites for hydroxylation is 1. The number of anilines is 1. The number of thiophene rings is 1. The number of carbonyl (C=O) groups excluding carboxylic acids is 1. The fourth-order valence-corrected chi connectivity index (χ4v) is 5.51. The highest BCUT2D eigenvalue weighted by Gasteiger charge is 2.30. The third-order valence-electron chi connectivity index (χ3n) is 4.48. The second-order valence-corrected chi connectivity index (χ2v) is 9.35. The van der Waals surface area contributed by atoms with Crippen LogP contribution in [-0.2, 0) is 14.8 Å². The number of amides is 1. The number of nitrogens with zero attached hydrogens (tertiary/aromatic N) is 1. The van der Waals surface area contributed by atoms with Gasteiger partial charge in [0.15, 0.2) is 0 Å². The summed E-state index contributed by atoms with van der Waals surface area (Å²) in [5.41, 5.74) is 1.52. The molecule has 0 atom stereocenters. The van der Waals surface area contributed by atoms with Gasteiger partial charge < -0.3 is 10.1 Å². The van der Waals surface area contributed by atoms with Crippen molar-refractivity contribution < 1.29 is 17.9 Å². The Bertz CT molecular complexity index is 974. The molecule has 2 heterocycles. The van der Waals surface area contributed by atoms with Crippen LogP contribution in [0.1, 0.15) is 30.2 Å². The molecule has 8 heteroatoms. The smallest absolute Gasteiger partial charge is 0.248 e. The van der Waals surface area contributed by atoms with Gasteiger partial charge in [0.25, 0.3) is 0 Å². The molecule has 1 aromatic carbocycles. The van der Waals surface area contributed by atoms with E-state index in [1.54, 1.807) is 36.5 Å². The van der Waals surface area contributed by atoms with Gasteiger partial charge in [-0.1, -0.05) is 0 Å². The Labute approximate surface area is 169 Å². The molecular weight excluding hydrogens is 396 g/mol. The van der Waals surface area contributed by atoms with Crippen molar-refractivity contribution in [3.8, 4) is 5.75 Å². The molecule has 1 aliphatic heterocycles. The summed E-state index contributed by atoms with van der Waals surface area (Å²) in [5.74, 6) is -0.0152. The monoisotopic (exact) mass is 420 g/mol. The van der Waals surface area contributed by atoms with Crippen LogP contribution in [0.3, 0.4) is 0 Å². The molecule has 150 valence electrons. The van der Waals surface area contributed by atoms with Gasteiger partial charge in [-0.2, -0.15) is 4.31 Å². The quantitative estimate of drug-likeness (QED) is 0.690. The summed E-state index contributed by atoms with van der Waals surface area (Å²) in [7, 11) is -3.66. The number of hydrogen-bond donors (Lipinski definition) is 1. The summed E-state index contributed by atoms with van der Waals surface area (Å²) in [4.78, 5) is 13.4. The molecule has 3 rings (SSSR count). The number of rotatable bonds is 7. The minimum absolute atomic E-state index is 0.0899. The van der Waals surface area contributed by atoms with Gasteiger partial charge >= 0.3 is 0 Å². The van der Waals surface area contributed by atoms with Crippen molar-refractivity contribution in [2.75, 3.05) is 25.0 Å². The van der Waals surface area contributed by atoms with Crippen molar-refractivity contribution in [2.24, 2.45) is 0 Å². The van der Waals surface area contributed by atoms with E-state index in [0.29, 0.717) is 31.1 Å². The maximum absolute atomic E-state index is 13.0. The van der Waals surface area contributed by atoms with Gasteiger partial charge in [0, 0.05) is 29.7 Å². The van der Waals surface area contributed by atoms with Gasteiger partial charge in [-0.15, -0.1) is 11.3 Å². The zero-order chi connectivity index (χ0) is 20.1. The number of ether oxygens (including phenoxy) is 1. The fraction of sp³-hybridized carbons (Fsp3) is 0.350. The lowest BCUT2D eigenvalue weighted by Gasteiger charge is -2.19. The van der Waals surface area contributed by atoms with Crippen molar-refractivity contribution in [2.45, 2.75) is 31.6 Å². The predicted octanol–water partition coefficient (Wildman–Crippen LogP) is 3.89. The van der Waals surface area contributed by atoms with Crippen LogP contribution in [0.2, 0.25) is 0 Å². The van der Waals surface area contributed by atoms with E-state index in [1.165, 1.54) is 16.4 Å². The molecule has 1 amide bonds. The third kappa shape index (κ3) is 4.63. The van der Waals surface area contributed by atoms with Crippen molar-refractivity contribution in [3.63, 3.8) is 0 Å². The van der Waals surface area contributed by atoms with Crippen LogP contribution >= 0.6 is 11.3 Å². The fourth-order valence-electron chi connectivity index (χ4n) is 3.02. The van der Waals surface area contributed by atoms with E-state index in [4.69, 9.17) is 4.74 Å². The lowest BCUT2D eigenvalue weighted by molar-refractivity contribution is -0.111. The van der Waals surface area contributed by atoms with Gasteiger partial charge in [0.1, 0.15) is 10.6 Å². The Balaban J connectivity index is 1.83. The van der Waals surface area contributed by atoms with Gasteiger partial charge in [0.05, 0.1) is 6.61 Å². The van der Waals surface area contributed by atoms with Crippen molar-refractivity contribution >= 4 is 39.0 Å². The molecule has 2 aromatic rings. The summed E-state index contributed by atoms with van der Waals surface area (Å²) in [6, 6.07) is 6.70. The minimum Gasteiger partial charge on any atom is -0.492 e. The van der Waals surface area contributed by atoms with Crippen molar-refractivity contribution in [1.29, 1.82) is 0 Å². The molecule has 0 aliphatic carbocycles. The molecule has 0 radical (unpaired) electrons. The summed E-state index contributed by atoms with van der Waals surface area (Å²) in [5, 5.41) is 4.70. The van der Waals surface area contributed by atoms with E-state index >= 15 is 0 Å². The Morgan fingerprint density at radius 1 is 1.29 bits per heavy atom. The zero-order valence-corrected chi connectivity index (χ0v) is 17.6. The average Bonchev–Trinajstić information content (AvgIpc) is 3.33. The highest BCUT2D eigenvalue weighted by atomic mass is 32.2. The van der Waals surface area contributed by atoms with Crippen LogP contribution in [0.4, 0.5) is 5.69 Å². The van der Waals surface area contributed by atoms with Crippen molar-refractivity contribution in [3.05, 3.63) is 46.2 Å². The summed E-state index contributed by atoms with van der Waals surface area (Å²) >= 11 is 1.56. The van der Waals surface area contributed by atoms with Crippen LogP contribution in [-0.4, -0.2) is 38.3 Å². The molecule has 0 saturated carbocycles. The Morgan fingerprint density at radius 3 is 2.68 bits per heavy atom. The first-order chi connectivity index (χ1) is 13.4. The summed E-state index contributed by atoms with van der Waals surface area (Å²) in [6.45, 7) is 5.16. The zero-order valence-electron chi connectivity index (χ0n) is 16.0. The molecular formula is C20H24N2O4S2. The second kappa shape index (κ2) is 8.89. The molecule has 1 N–H and O–H groups in total. The number of sulfonamides is 1. The first-order valence-electron chi connectivity index (χ1n) is 9.22. The van der Waals surface area contributed by atoms with Crippen LogP contribution in [0.25, 0.3) is 6.08 Å². The Hall–Kier alpha value is -2.16. The number of benzene rings is 1. The van der Waals surface area contributed by atoms with Crippen molar-refractivity contribution in [1.82, 2.24) is 4.31 Å². The average molecular weight is 421 g/mol. The molecule has 28 heavy (non-hydrogen) atoms. The SMILES string of the molecule is CCOc1ccc(NC(=O)/C=C\c2sccc2C)cc1S(=O)(=O)N1CCCC1. The lowest BCUT2D eigenvalue weighted by Crippen LogP contribution is -2.28. The molecule has 1 aromatic heterocycles. The standard InChI is InChI=1S/C20H24N2O4S2/c1-3-26-17-7-6-16(14-19(17)28(24,25)22-11-4-5-12-22)21-20(23)9-8-18-15(2)10-13-27-18/h6-10,13-14H,3-5,11-12H2,1-2H3,(H,21,23)/b9-8-. The number of carbonyl (C=O) groups is 1. The van der Waals surface area contributed by atoms with Crippen LogP contribution in [0, 0.1) is 6.92 Å².